The fraction of sp³-hybridized carbons (Fsp3) is 0.458. The molecule has 5 rings (SSSR count). The SMILES string of the molecule is CN(Cc1nc2ccccc2n1C1CCN(C(=O)O)CC1)C1CCCc2cccnc21. The van der Waals surface area contributed by atoms with E-state index in [1.165, 1.54) is 22.6 Å². The molecule has 0 radical (unpaired) electrons. The minimum absolute atomic E-state index is 0.267. The van der Waals surface area contributed by atoms with Crippen LogP contribution < -0.4 is 0 Å². The highest BCUT2D eigenvalue weighted by atomic mass is 16.4. The van der Waals surface area contributed by atoms with Gasteiger partial charge in [-0.05, 0) is 62.9 Å². The molecule has 31 heavy (non-hydrogen) atoms. The molecule has 7 nitrogen and oxygen atoms in total. The molecule has 2 aliphatic rings. The van der Waals surface area contributed by atoms with E-state index < -0.39 is 6.09 Å². The monoisotopic (exact) mass is 419 g/mol. The largest absolute Gasteiger partial charge is 0.465 e. The van der Waals surface area contributed by atoms with Crippen LogP contribution in [0.3, 0.4) is 0 Å². The second kappa shape index (κ2) is 8.30. The lowest BCUT2D eigenvalue weighted by atomic mass is 9.91. The third-order valence-electron chi connectivity index (χ3n) is 6.86. The molecule has 1 N–H and O–H groups in total. The van der Waals surface area contributed by atoms with Crippen LogP contribution in [0.2, 0.25) is 0 Å². The van der Waals surface area contributed by atoms with Gasteiger partial charge in [-0.1, -0.05) is 18.2 Å². The van der Waals surface area contributed by atoms with Crippen LogP contribution in [0.25, 0.3) is 11.0 Å². The molecule has 1 saturated heterocycles. The van der Waals surface area contributed by atoms with Crippen LogP contribution in [0.1, 0.15) is 54.8 Å². The maximum atomic E-state index is 11.3. The van der Waals surface area contributed by atoms with Crippen LogP contribution in [-0.2, 0) is 13.0 Å². The lowest BCUT2D eigenvalue weighted by Gasteiger charge is -2.34. The Labute approximate surface area is 182 Å². The van der Waals surface area contributed by atoms with Gasteiger partial charge >= 0.3 is 6.09 Å². The Balaban J connectivity index is 1.44. The van der Waals surface area contributed by atoms with Gasteiger partial charge < -0.3 is 14.6 Å². The van der Waals surface area contributed by atoms with Gasteiger partial charge in [-0.2, -0.15) is 0 Å². The van der Waals surface area contributed by atoms with Crippen molar-refractivity contribution in [1.82, 2.24) is 24.3 Å². The number of aromatic nitrogens is 3. The van der Waals surface area contributed by atoms with Crippen LogP contribution in [0.4, 0.5) is 4.79 Å². The number of imidazole rings is 1. The van der Waals surface area contributed by atoms with Crippen molar-refractivity contribution < 1.29 is 9.90 Å². The van der Waals surface area contributed by atoms with Crippen molar-refractivity contribution in [2.75, 3.05) is 20.1 Å². The molecule has 1 aromatic carbocycles. The van der Waals surface area contributed by atoms with Crippen molar-refractivity contribution in [3.05, 3.63) is 59.7 Å². The summed E-state index contributed by atoms with van der Waals surface area (Å²) in [6.45, 7) is 1.89. The first-order valence-corrected chi connectivity index (χ1v) is 11.2. The minimum atomic E-state index is -0.822. The van der Waals surface area contributed by atoms with E-state index in [0.717, 1.165) is 49.1 Å². The Morgan fingerprint density at radius 2 is 1.97 bits per heavy atom. The first-order chi connectivity index (χ1) is 15.1. The van der Waals surface area contributed by atoms with Gasteiger partial charge in [0.25, 0.3) is 0 Å². The Morgan fingerprint density at radius 1 is 1.16 bits per heavy atom. The van der Waals surface area contributed by atoms with E-state index in [4.69, 9.17) is 9.97 Å². The standard InChI is InChI=1S/C24H29N5O2/c1-27(21-10-4-6-17-7-5-13-25-23(17)21)16-22-26-19-8-2-3-9-20(19)29(22)18-11-14-28(15-12-18)24(30)31/h2-3,5,7-9,13,18,21H,4,6,10-12,14-16H2,1H3,(H,30,31). The minimum Gasteiger partial charge on any atom is -0.465 e. The van der Waals surface area contributed by atoms with E-state index in [1.807, 2.05) is 18.3 Å². The summed E-state index contributed by atoms with van der Waals surface area (Å²) < 4.78 is 2.37. The van der Waals surface area contributed by atoms with Crippen LogP contribution >= 0.6 is 0 Å². The van der Waals surface area contributed by atoms with E-state index in [9.17, 15) is 9.90 Å². The van der Waals surface area contributed by atoms with E-state index in [2.05, 4.69) is 40.8 Å². The smallest absolute Gasteiger partial charge is 0.407 e. The van der Waals surface area contributed by atoms with Crippen LogP contribution in [0.5, 0.6) is 0 Å². The maximum absolute atomic E-state index is 11.3. The molecule has 1 aliphatic carbocycles. The van der Waals surface area contributed by atoms with Gasteiger partial charge in [-0.3, -0.25) is 9.88 Å². The van der Waals surface area contributed by atoms with Gasteiger partial charge in [0.15, 0.2) is 0 Å². The number of amides is 1. The molecule has 0 spiro atoms. The van der Waals surface area contributed by atoms with Crippen LogP contribution in [-0.4, -0.2) is 55.7 Å². The molecule has 2 aromatic heterocycles. The first-order valence-electron chi connectivity index (χ1n) is 11.2. The summed E-state index contributed by atoms with van der Waals surface area (Å²) in [6.07, 6.45) is 6.10. The molecule has 7 heteroatoms. The number of carbonyl (C=O) groups is 1. The lowest BCUT2D eigenvalue weighted by Crippen LogP contribution is -2.38. The fourth-order valence-corrected chi connectivity index (χ4v) is 5.28. The number of benzene rings is 1. The van der Waals surface area contributed by atoms with E-state index in [1.54, 1.807) is 0 Å². The molecule has 0 bridgehead atoms. The van der Waals surface area contributed by atoms with Crippen LogP contribution in [0.15, 0.2) is 42.6 Å². The quantitative estimate of drug-likeness (QED) is 0.684. The number of rotatable bonds is 4. The second-order valence-electron chi connectivity index (χ2n) is 8.76. The van der Waals surface area contributed by atoms with Gasteiger partial charge in [0.1, 0.15) is 5.82 Å². The van der Waals surface area contributed by atoms with Crippen molar-refractivity contribution in [2.45, 2.75) is 50.7 Å². The van der Waals surface area contributed by atoms with E-state index in [0.29, 0.717) is 19.1 Å². The summed E-state index contributed by atoms with van der Waals surface area (Å²) in [7, 11) is 2.17. The number of carboxylic acid groups (broad SMARTS) is 1. The molecule has 0 saturated carbocycles. The zero-order valence-electron chi connectivity index (χ0n) is 17.9. The average Bonchev–Trinajstić information content (AvgIpc) is 3.16. The summed E-state index contributed by atoms with van der Waals surface area (Å²) in [6, 6.07) is 13.1. The van der Waals surface area contributed by atoms with E-state index in [-0.39, 0.29) is 6.04 Å². The second-order valence-corrected chi connectivity index (χ2v) is 8.76. The number of para-hydroxylation sites is 2. The highest BCUT2D eigenvalue weighted by Crippen LogP contribution is 2.34. The molecule has 1 amide bonds. The molecule has 162 valence electrons. The summed E-state index contributed by atoms with van der Waals surface area (Å²) in [5, 5.41) is 9.32. The molecule has 3 aromatic rings. The summed E-state index contributed by atoms with van der Waals surface area (Å²) in [4.78, 5) is 25.0. The van der Waals surface area contributed by atoms with Crippen molar-refractivity contribution in [2.24, 2.45) is 0 Å². The number of likely N-dealkylation sites (tertiary alicyclic amines) is 1. The Hall–Kier alpha value is -2.93. The number of hydrogen-bond acceptors (Lipinski definition) is 4. The van der Waals surface area contributed by atoms with Crippen molar-refractivity contribution in [3.63, 3.8) is 0 Å². The zero-order chi connectivity index (χ0) is 21.4. The van der Waals surface area contributed by atoms with Crippen molar-refractivity contribution in [3.8, 4) is 0 Å². The molecule has 1 aliphatic heterocycles. The predicted molar refractivity (Wildman–Crippen MR) is 119 cm³/mol. The van der Waals surface area contributed by atoms with Gasteiger partial charge in [0.2, 0.25) is 0 Å². The molecular formula is C24H29N5O2. The van der Waals surface area contributed by atoms with Crippen LogP contribution in [0, 0.1) is 0 Å². The summed E-state index contributed by atoms with van der Waals surface area (Å²) >= 11 is 0. The highest BCUT2D eigenvalue weighted by Gasteiger charge is 2.29. The normalized spacial score (nSPS) is 19.7. The number of hydrogen-bond donors (Lipinski definition) is 1. The Kier molecular flexibility index (Phi) is 5.36. The average molecular weight is 420 g/mol. The Bertz CT molecular complexity index is 1090. The first kappa shape index (κ1) is 20.0. The molecule has 1 atom stereocenters. The molecular weight excluding hydrogens is 390 g/mol. The van der Waals surface area contributed by atoms with Gasteiger partial charge in [-0.25, -0.2) is 9.78 Å². The fourth-order valence-electron chi connectivity index (χ4n) is 5.28. The zero-order valence-corrected chi connectivity index (χ0v) is 17.9. The third kappa shape index (κ3) is 3.78. The lowest BCUT2D eigenvalue weighted by molar-refractivity contribution is 0.125. The number of fused-ring (bicyclic) bond motifs is 2. The van der Waals surface area contributed by atoms with Crippen molar-refractivity contribution in [1.29, 1.82) is 0 Å². The van der Waals surface area contributed by atoms with Crippen molar-refractivity contribution >= 4 is 17.1 Å². The number of aryl methyl sites for hydroxylation is 1. The van der Waals surface area contributed by atoms with Gasteiger partial charge in [0.05, 0.1) is 29.3 Å². The van der Waals surface area contributed by atoms with Gasteiger partial charge in [-0.15, -0.1) is 0 Å². The molecule has 1 fully saturated rings. The molecule has 3 heterocycles. The Morgan fingerprint density at radius 3 is 2.77 bits per heavy atom. The highest BCUT2D eigenvalue weighted by molar-refractivity contribution is 5.76. The summed E-state index contributed by atoms with van der Waals surface area (Å²) in [5.74, 6) is 1.06. The topological polar surface area (TPSA) is 74.5 Å². The van der Waals surface area contributed by atoms with Gasteiger partial charge in [0, 0.05) is 25.3 Å². The summed E-state index contributed by atoms with van der Waals surface area (Å²) in [5.41, 5.74) is 4.71. The number of piperidine rings is 1. The maximum Gasteiger partial charge on any atom is 0.407 e. The van der Waals surface area contributed by atoms with E-state index >= 15 is 0 Å². The number of pyridine rings is 1. The number of nitrogens with zero attached hydrogens (tertiary/aromatic N) is 5. The predicted octanol–water partition coefficient (Wildman–Crippen LogP) is 4.26. The molecule has 1 unspecified atom stereocenters. The third-order valence-corrected chi connectivity index (χ3v) is 6.86.